The van der Waals surface area contributed by atoms with Crippen LogP contribution in [-0.4, -0.2) is 4.98 Å². The molecule has 2 rings (SSSR count). The van der Waals surface area contributed by atoms with Gasteiger partial charge in [-0.05, 0) is 24.5 Å². The molecule has 0 aliphatic rings. The molecule has 90 valence electrons. The molecular weight excluding hydrogens is 228 g/mol. The molecule has 0 fully saturated rings. The monoisotopic (exact) mass is 246 g/mol. The van der Waals surface area contributed by atoms with E-state index in [0.29, 0.717) is 0 Å². The van der Waals surface area contributed by atoms with Crippen molar-refractivity contribution in [3.8, 4) is 0 Å². The van der Waals surface area contributed by atoms with Crippen LogP contribution in [0.5, 0.6) is 0 Å². The van der Waals surface area contributed by atoms with Gasteiger partial charge in [-0.1, -0.05) is 31.2 Å². The van der Waals surface area contributed by atoms with Gasteiger partial charge < -0.3 is 5.73 Å². The van der Waals surface area contributed by atoms with Gasteiger partial charge in [0.05, 0.1) is 5.01 Å². The standard InChI is InChI=1S/C14H18N2S/c1-3-11-5-4-6-12(7-11)13(15)8-14-16-10(2)9-17-14/h4-7,9,13H,3,8,15H2,1-2H3. The molecule has 2 N–H and O–H groups in total. The zero-order valence-electron chi connectivity index (χ0n) is 10.3. The predicted molar refractivity (Wildman–Crippen MR) is 73.3 cm³/mol. The Hall–Kier alpha value is -1.19. The number of thiazole rings is 1. The summed E-state index contributed by atoms with van der Waals surface area (Å²) in [6, 6.07) is 8.58. The fourth-order valence-electron chi connectivity index (χ4n) is 1.85. The minimum absolute atomic E-state index is 0.0482. The number of hydrogen-bond acceptors (Lipinski definition) is 3. The summed E-state index contributed by atoms with van der Waals surface area (Å²) in [6.45, 7) is 4.18. The number of aryl methyl sites for hydroxylation is 2. The summed E-state index contributed by atoms with van der Waals surface area (Å²) >= 11 is 1.69. The minimum atomic E-state index is 0.0482. The molecule has 1 unspecified atom stereocenters. The topological polar surface area (TPSA) is 38.9 Å². The first-order valence-corrected chi connectivity index (χ1v) is 6.82. The van der Waals surface area contributed by atoms with E-state index in [1.165, 1.54) is 11.1 Å². The van der Waals surface area contributed by atoms with Gasteiger partial charge in [0.25, 0.3) is 0 Å². The second kappa shape index (κ2) is 5.43. The van der Waals surface area contributed by atoms with Crippen LogP contribution in [-0.2, 0) is 12.8 Å². The first-order chi connectivity index (χ1) is 8.19. The molecule has 2 nitrogen and oxygen atoms in total. The van der Waals surface area contributed by atoms with Crippen LogP contribution in [0.1, 0.15) is 34.8 Å². The summed E-state index contributed by atoms with van der Waals surface area (Å²) in [4.78, 5) is 4.46. The number of nitrogens with two attached hydrogens (primary N) is 1. The van der Waals surface area contributed by atoms with E-state index in [1.807, 2.05) is 6.92 Å². The Bertz CT molecular complexity index is 490. The van der Waals surface area contributed by atoms with Gasteiger partial charge in [-0.25, -0.2) is 4.98 Å². The van der Waals surface area contributed by atoms with Crippen LogP contribution >= 0.6 is 11.3 Å². The Kier molecular flexibility index (Phi) is 3.92. The molecule has 2 aromatic rings. The fourth-order valence-corrected chi connectivity index (χ4v) is 2.68. The lowest BCUT2D eigenvalue weighted by Gasteiger charge is -2.11. The van der Waals surface area contributed by atoms with Crippen LogP contribution in [0.4, 0.5) is 0 Å². The van der Waals surface area contributed by atoms with E-state index < -0.39 is 0 Å². The molecule has 0 saturated heterocycles. The van der Waals surface area contributed by atoms with Crippen molar-refractivity contribution in [2.45, 2.75) is 32.7 Å². The maximum absolute atomic E-state index is 6.23. The van der Waals surface area contributed by atoms with Crippen molar-refractivity contribution in [1.82, 2.24) is 4.98 Å². The number of benzene rings is 1. The second-order valence-electron chi connectivity index (χ2n) is 4.29. The molecule has 0 aliphatic carbocycles. The van der Waals surface area contributed by atoms with E-state index in [1.54, 1.807) is 11.3 Å². The molecule has 0 saturated carbocycles. The lowest BCUT2D eigenvalue weighted by molar-refractivity contribution is 0.715. The van der Waals surface area contributed by atoms with Crippen molar-refractivity contribution < 1.29 is 0 Å². The van der Waals surface area contributed by atoms with Crippen molar-refractivity contribution in [3.05, 3.63) is 51.5 Å². The van der Waals surface area contributed by atoms with Crippen molar-refractivity contribution in [2.24, 2.45) is 5.73 Å². The van der Waals surface area contributed by atoms with Gasteiger partial charge in [0.1, 0.15) is 0 Å². The summed E-state index contributed by atoms with van der Waals surface area (Å²) in [6.07, 6.45) is 1.88. The highest BCUT2D eigenvalue weighted by atomic mass is 32.1. The molecule has 0 aliphatic heterocycles. The molecular formula is C14H18N2S. The number of hydrogen-bond donors (Lipinski definition) is 1. The fraction of sp³-hybridized carbons (Fsp3) is 0.357. The first-order valence-electron chi connectivity index (χ1n) is 5.94. The van der Waals surface area contributed by atoms with Crippen LogP contribution in [0.15, 0.2) is 29.6 Å². The van der Waals surface area contributed by atoms with Gasteiger partial charge in [0, 0.05) is 23.5 Å². The third-order valence-corrected chi connectivity index (χ3v) is 3.84. The van der Waals surface area contributed by atoms with Crippen LogP contribution in [0, 0.1) is 6.92 Å². The van der Waals surface area contributed by atoms with Crippen LogP contribution in [0.25, 0.3) is 0 Å². The Labute approximate surface area is 107 Å². The van der Waals surface area contributed by atoms with Crippen molar-refractivity contribution in [2.75, 3.05) is 0 Å². The molecule has 1 atom stereocenters. The normalized spacial score (nSPS) is 12.6. The van der Waals surface area contributed by atoms with Crippen molar-refractivity contribution >= 4 is 11.3 Å². The summed E-state index contributed by atoms with van der Waals surface area (Å²) in [7, 11) is 0. The first kappa shape index (κ1) is 12.3. The van der Waals surface area contributed by atoms with Crippen molar-refractivity contribution in [3.63, 3.8) is 0 Å². The average molecular weight is 246 g/mol. The third kappa shape index (κ3) is 3.14. The number of rotatable bonds is 4. The summed E-state index contributed by atoms with van der Waals surface area (Å²) in [5, 5.41) is 3.20. The quantitative estimate of drug-likeness (QED) is 0.899. The molecule has 1 aromatic carbocycles. The Morgan fingerprint density at radius 3 is 2.88 bits per heavy atom. The average Bonchev–Trinajstić information content (AvgIpc) is 2.75. The van der Waals surface area contributed by atoms with Gasteiger partial charge in [-0.15, -0.1) is 11.3 Å². The highest BCUT2D eigenvalue weighted by Gasteiger charge is 2.09. The molecule has 3 heteroatoms. The van der Waals surface area contributed by atoms with E-state index in [4.69, 9.17) is 5.73 Å². The molecule has 1 aromatic heterocycles. The maximum atomic E-state index is 6.23. The SMILES string of the molecule is CCc1cccc(C(N)Cc2nc(C)cs2)c1. The summed E-state index contributed by atoms with van der Waals surface area (Å²) < 4.78 is 0. The molecule has 0 amide bonds. The Balaban J connectivity index is 2.11. The van der Waals surface area contributed by atoms with Crippen molar-refractivity contribution in [1.29, 1.82) is 0 Å². The van der Waals surface area contributed by atoms with E-state index in [2.05, 4.69) is 41.6 Å². The highest BCUT2D eigenvalue weighted by Crippen LogP contribution is 2.19. The van der Waals surface area contributed by atoms with E-state index in [0.717, 1.165) is 23.5 Å². The number of nitrogens with zero attached hydrogens (tertiary/aromatic N) is 1. The zero-order chi connectivity index (χ0) is 12.3. The molecule has 1 heterocycles. The van der Waals surface area contributed by atoms with Gasteiger partial charge in [-0.2, -0.15) is 0 Å². The predicted octanol–water partition coefficient (Wildman–Crippen LogP) is 3.26. The van der Waals surface area contributed by atoms with Gasteiger partial charge >= 0.3 is 0 Å². The maximum Gasteiger partial charge on any atom is 0.0947 e. The molecule has 17 heavy (non-hydrogen) atoms. The number of aromatic nitrogens is 1. The molecule has 0 spiro atoms. The lowest BCUT2D eigenvalue weighted by Crippen LogP contribution is -2.13. The lowest BCUT2D eigenvalue weighted by atomic mass is 10.0. The molecule has 0 bridgehead atoms. The Morgan fingerprint density at radius 1 is 1.41 bits per heavy atom. The smallest absolute Gasteiger partial charge is 0.0947 e. The van der Waals surface area contributed by atoms with Gasteiger partial charge in [0.15, 0.2) is 0 Å². The third-order valence-electron chi connectivity index (χ3n) is 2.85. The zero-order valence-corrected chi connectivity index (χ0v) is 11.1. The van der Waals surface area contributed by atoms with Crippen LogP contribution < -0.4 is 5.73 Å². The second-order valence-corrected chi connectivity index (χ2v) is 5.23. The summed E-state index contributed by atoms with van der Waals surface area (Å²) in [5.74, 6) is 0. The van der Waals surface area contributed by atoms with E-state index in [-0.39, 0.29) is 6.04 Å². The highest BCUT2D eigenvalue weighted by molar-refractivity contribution is 7.09. The molecule has 0 radical (unpaired) electrons. The van der Waals surface area contributed by atoms with Gasteiger partial charge in [0.2, 0.25) is 0 Å². The van der Waals surface area contributed by atoms with E-state index >= 15 is 0 Å². The summed E-state index contributed by atoms with van der Waals surface area (Å²) in [5.41, 5.74) is 9.86. The Morgan fingerprint density at radius 2 is 2.24 bits per heavy atom. The van der Waals surface area contributed by atoms with Crippen LogP contribution in [0.2, 0.25) is 0 Å². The van der Waals surface area contributed by atoms with Gasteiger partial charge in [-0.3, -0.25) is 0 Å². The van der Waals surface area contributed by atoms with E-state index in [9.17, 15) is 0 Å². The largest absolute Gasteiger partial charge is 0.324 e. The van der Waals surface area contributed by atoms with Crippen LogP contribution in [0.3, 0.4) is 0 Å². The minimum Gasteiger partial charge on any atom is -0.324 e.